The summed E-state index contributed by atoms with van der Waals surface area (Å²) in [4.78, 5) is 18.7. The summed E-state index contributed by atoms with van der Waals surface area (Å²) < 4.78 is 5.24. The van der Waals surface area contributed by atoms with E-state index >= 15 is 0 Å². The molecule has 0 saturated heterocycles. The van der Waals surface area contributed by atoms with Crippen LogP contribution in [0.2, 0.25) is 0 Å². The van der Waals surface area contributed by atoms with Crippen LogP contribution in [0.1, 0.15) is 46.4 Å². The first kappa shape index (κ1) is 13.9. The van der Waals surface area contributed by atoms with Crippen LogP contribution in [0.25, 0.3) is 10.9 Å². The van der Waals surface area contributed by atoms with Gasteiger partial charge in [0.2, 0.25) is 5.89 Å². The van der Waals surface area contributed by atoms with Gasteiger partial charge in [-0.05, 0) is 37.5 Å². The molecule has 1 N–H and O–H groups in total. The number of hydrogen-bond acceptors (Lipinski definition) is 5. The number of amides is 1. The molecule has 3 aromatic rings. The molecule has 0 atom stereocenters. The lowest BCUT2D eigenvalue weighted by atomic mass is 10.1. The van der Waals surface area contributed by atoms with E-state index in [1.165, 1.54) is 0 Å². The Balaban J connectivity index is 1.57. The first-order valence-corrected chi connectivity index (χ1v) is 7.63. The van der Waals surface area contributed by atoms with Gasteiger partial charge in [0.25, 0.3) is 5.91 Å². The third-order valence-corrected chi connectivity index (χ3v) is 4.06. The fourth-order valence-corrected chi connectivity index (χ4v) is 2.69. The second kappa shape index (κ2) is 5.19. The van der Waals surface area contributed by atoms with Crippen molar-refractivity contribution in [1.29, 1.82) is 0 Å². The smallest absolute Gasteiger partial charge is 0.256 e. The van der Waals surface area contributed by atoms with Gasteiger partial charge in [0.15, 0.2) is 5.82 Å². The molecule has 4 rings (SSSR count). The number of rotatable bonds is 4. The average molecular weight is 311 g/mol. The molecule has 7 heteroatoms. The minimum absolute atomic E-state index is 0.0966. The molecule has 1 aliphatic carbocycles. The number of hydrogen-bond donors (Lipinski definition) is 1. The van der Waals surface area contributed by atoms with Crippen LogP contribution in [0.15, 0.2) is 22.9 Å². The predicted octanol–water partition coefficient (Wildman–Crippen LogP) is 2.40. The summed E-state index contributed by atoms with van der Waals surface area (Å²) in [6, 6.07) is 3.86. The summed E-state index contributed by atoms with van der Waals surface area (Å²) >= 11 is 0. The van der Waals surface area contributed by atoms with E-state index in [9.17, 15) is 4.79 Å². The maximum Gasteiger partial charge on any atom is 0.256 e. The van der Waals surface area contributed by atoms with Gasteiger partial charge in [-0.1, -0.05) is 5.16 Å². The quantitative estimate of drug-likeness (QED) is 0.799. The van der Waals surface area contributed by atoms with Gasteiger partial charge in [0, 0.05) is 18.4 Å². The van der Waals surface area contributed by atoms with Gasteiger partial charge in [0.1, 0.15) is 0 Å². The van der Waals surface area contributed by atoms with Crippen LogP contribution >= 0.6 is 0 Å². The maximum absolute atomic E-state index is 12.8. The minimum atomic E-state index is -0.0966. The van der Waals surface area contributed by atoms with Crippen LogP contribution < -0.4 is 0 Å². The van der Waals surface area contributed by atoms with Crippen molar-refractivity contribution >= 4 is 16.8 Å². The van der Waals surface area contributed by atoms with E-state index in [1.54, 1.807) is 18.1 Å². The fraction of sp³-hybridized carbons (Fsp3) is 0.375. The third kappa shape index (κ3) is 2.58. The SMILES string of the molecule is Cc1cc(C(=O)N(C)Cc2noc(C3CC3)n2)c2[nH]ncc2c1. The molecular formula is C16H17N5O2. The van der Waals surface area contributed by atoms with E-state index in [-0.39, 0.29) is 5.91 Å². The van der Waals surface area contributed by atoms with Crippen molar-refractivity contribution in [2.24, 2.45) is 0 Å². The first-order chi connectivity index (χ1) is 11.1. The number of carbonyl (C=O) groups excluding carboxylic acids is 1. The molecular weight excluding hydrogens is 294 g/mol. The molecule has 0 bridgehead atoms. The zero-order chi connectivity index (χ0) is 16.0. The first-order valence-electron chi connectivity index (χ1n) is 7.63. The van der Waals surface area contributed by atoms with Crippen molar-refractivity contribution in [2.45, 2.75) is 32.2 Å². The summed E-state index contributed by atoms with van der Waals surface area (Å²) in [7, 11) is 1.74. The zero-order valence-corrected chi connectivity index (χ0v) is 13.0. The highest BCUT2D eigenvalue weighted by molar-refractivity contribution is 6.05. The summed E-state index contributed by atoms with van der Waals surface area (Å²) in [6.45, 7) is 2.28. The molecule has 1 saturated carbocycles. The van der Waals surface area contributed by atoms with Crippen molar-refractivity contribution in [3.05, 3.63) is 41.2 Å². The van der Waals surface area contributed by atoms with Gasteiger partial charge in [-0.3, -0.25) is 9.89 Å². The summed E-state index contributed by atoms with van der Waals surface area (Å²) in [5.41, 5.74) is 2.37. The van der Waals surface area contributed by atoms with Gasteiger partial charge in [0.05, 0.1) is 23.8 Å². The maximum atomic E-state index is 12.8. The minimum Gasteiger partial charge on any atom is -0.339 e. The topological polar surface area (TPSA) is 87.9 Å². The average Bonchev–Trinajstić information content (AvgIpc) is 3.09. The van der Waals surface area contributed by atoms with Crippen LogP contribution in [0.5, 0.6) is 0 Å². The van der Waals surface area contributed by atoms with Crippen LogP contribution in [0, 0.1) is 6.92 Å². The second-order valence-corrected chi connectivity index (χ2v) is 6.13. The molecule has 7 nitrogen and oxygen atoms in total. The molecule has 0 spiro atoms. The molecule has 1 fully saturated rings. The summed E-state index contributed by atoms with van der Waals surface area (Å²) in [6.07, 6.45) is 3.94. The molecule has 2 heterocycles. The number of fused-ring (bicyclic) bond motifs is 1. The Morgan fingerprint density at radius 3 is 3.04 bits per heavy atom. The standard InChI is InChI=1S/C16H17N5O2/c1-9-5-11-7-17-19-14(11)12(6-9)16(22)21(2)8-13-18-15(23-20-13)10-3-4-10/h5-7,10H,3-4,8H2,1-2H3,(H,17,19). The van der Waals surface area contributed by atoms with Gasteiger partial charge in [-0.15, -0.1) is 0 Å². The summed E-state index contributed by atoms with van der Waals surface area (Å²) in [5, 5.41) is 11.8. The van der Waals surface area contributed by atoms with Gasteiger partial charge in [-0.25, -0.2) is 0 Å². The Hall–Kier alpha value is -2.70. The zero-order valence-electron chi connectivity index (χ0n) is 13.0. The molecule has 1 aliphatic rings. The normalized spacial score (nSPS) is 14.3. The second-order valence-electron chi connectivity index (χ2n) is 6.13. The lowest BCUT2D eigenvalue weighted by Crippen LogP contribution is -2.27. The van der Waals surface area contributed by atoms with Crippen molar-refractivity contribution in [3.8, 4) is 0 Å². The number of aromatic nitrogens is 4. The molecule has 1 aromatic carbocycles. The van der Waals surface area contributed by atoms with E-state index in [1.807, 2.05) is 19.1 Å². The Labute approximate surface area is 132 Å². The van der Waals surface area contributed by atoms with E-state index in [2.05, 4.69) is 20.3 Å². The van der Waals surface area contributed by atoms with Crippen molar-refractivity contribution in [2.75, 3.05) is 7.05 Å². The van der Waals surface area contributed by atoms with E-state index in [4.69, 9.17) is 4.52 Å². The molecule has 118 valence electrons. The van der Waals surface area contributed by atoms with Crippen molar-refractivity contribution < 1.29 is 9.32 Å². The van der Waals surface area contributed by atoms with Crippen molar-refractivity contribution in [3.63, 3.8) is 0 Å². The number of nitrogens with zero attached hydrogens (tertiary/aromatic N) is 4. The van der Waals surface area contributed by atoms with Crippen LogP contribution in [0.4, 0.5) is 0 Å². The monoisotopic (exact) mass is 311 g/mol. The highest BCUT2D eigenvalue weighted by Gasteiger charge is 2.30. The molecule has 2 aromatic heterocycles. The Morgan fingerprint density at radius 1 is 1.43 bits per heavy atom. The van der Waals surface area contributed by atoms with Crippen LogP contribution in [0.3, 0.4) is 0 Å². The lowest BCUT2D eigenvalue weighted by Gasteiger charge is -2.15. The van der Waals surface area contributed by atoms with E-state index in [0.717, 1.165) is 29.3 Å². The largest absolute Gasteiger partial charge is 0.339 e. The molecule has 23 heavy (non-hydrogen) atoms. The number of aryl methyl sites for hydroxylation is 1. The number of benzene rings is 1. The van der Waals surface area contributed by atoms with Gasteiger partial charge in [-0.2, -0.15) is 10.1 Å². The van der Waals surface area contributed by atoms with E-state index in [0.29, 0.717) is 29.7 Å². The Bertz CT molecular complexity index is 878. The molecule has 0 aliphatic heterocycles. The highest BCUT2D eigenvalue weighted by atomic mass is 16.5. The fourth-order valence-electron chi connectivity index (χ4n) is 2.69. The molecule has 0 unspecified atom stereocenters. The highest BCUT2D eigenvalue weighted by Crippen LogP contribution is 2.38. The number of aromatic amines is 1. The third-order valence-electron chi connectivity index (χ3n) is 4.06. The number of H-pyrrole nitrogens is 1. The Morgan fingerprint density at radius 2 is 2.26 bits per heavy atom. The van der Waals surface area contributed by atoms with Crippen LogP contribution in [-0.4, -0.2) is 38.2 Å². The summed E-state index contributed by atoms with van der Waals surface area (Å²) in [5.74, 6) is 1.54. The predicted molar refractivity (Wildman–Crippen MR) is 82.9 cm³/mol. The molecule has 1 amide bonds. The molecule has 0 radical (unpaired) electrons. The van der Waals surface area contributed by atoms with Crippen molar-refractivity contribution in [1.82, 2.24) is 25.2 Å². The lowest BCUT2D eigenvalue weighted by molar-refractivity contribution is 0.0782. The Kier molecular flexibility index (Phi) is 3.14. The van der Waals surface area contributed by atoms with Crippen LogP contribution in [-0.2, 0) is 6.54 Å². The van der Waals surface area contributed by atoms with Gasteiger partial charge >= 0.3 is 0 Å². The number of carbonyl (C=O) groups is 1. The number of nitrogens with one attached hydrogen (secondary N) is 1. The van der Waals surface area contributed by atoms with Gasteiger partial charge < -0.3 is 9.42 Å². The van der Waals surface area contributed by atoms with E-state index < -0.39 is 0 Å².